The van der Waals surface area contributed by atoms with Gasteiger partial charge in [0.05, 0.1) is 6.61 Å². The number of aliphatic hydroxyl groups excluding tert-OH is 1. The Balaban J connectivity index is 1.58. The van der Waals surface area contributed by atoms with E-state index in [-0.39, 0.29) is 17.9 Å². The van der Waals surface area contributed by atoms with Gasteiger partial charge in [-0.25, -0.2) is 0 Å². The molecule has 0 unspecified atom stereocenters. The number of hydrogen-bond donors (Lipinski definition) is 2. The highest BCUT2D eigenvalue weighted by Gasteiger charge is 2.34. The zero-order valence-electron chi connectivity index (χ0n) is 15.9. The largest absolute Gasteiger partial charge is 0.396 e. The first-order chi connectivity index (χ1) is 12.6. The molecule has 2 heterocycles. The maximum Gasteiger partial charge on any atom is 0.253 e. The summed E-state index contributed by atoms with van der Waals surface area (Å²) in [5, 5.41) is 13.3. The zero-order valence-corrected chi connectivity index (χ0v) is 15.9. The number of amides is 1. The van der Waals surface area contributed by atoms with Gasteiger partial charge in [0.1, 0.15) is 0 Å². The van der Waals surface area contributed by atoms with Crippen molar-refractivity contribution in [3.63, 3.8) is 0 Å². The summed E-state index contributed by atoms with van der Waals surface area (Å²) < 4.78 is 5.41. The Labute approximate surface area is 156 Å². The van der Waals surface area contributed by atoms with Crippen LogP contribution in [0.4, 0.5) is 0 Å². The monoisotopic (exact) mass is 360 g/mol. The van der Waals surface area contributed by atoms with Crippen molar-refractivity contribution in [2.75, 3.05) is 46.5 Å². The minimum atomic E-state index is -0.226. The lowest BCUT2D eigenvalue weighted by molar-refractivity contribution is -0.0282. The van der Waals surface area contributed by atoms with E-state index in [0.717, 1.165) is 37.9 Å². The molecule has 0 saturated carbocycles. The van der Waals surface area contributed by atoms with Crippen molar-refractivity contribution in [3.8, 4) is 0 Å². The molecule has 2 fully saturated rings. The molecule has 1 aromatic rings. The zero-order chi connectivity index (χ0) is 18.4. The van der Waals surface area contributed by atoms with Crippen LogP contribution in [0, 0.1) is 11.3 Å². The number of carbonyl (C=O) groups is 1. The quantitative estimate of drug-likeness (QED) is 0.815. The van der Waals surface area contributed by atoms with Gasteiger partial charge in [-0.1, -0.05) is 12.1 Å². The van der Waals surface area contributed by atoms with Gasteiger partial charge in [0.2, 0.25) is 0 Å². The van der Waals surface area contributed by atoms with E-state index < -0.39 is 0 Å². The Morgan fingerprint density at radius 2 is 2.04 bits per heavy atom. The minimum absolute atomic E-state index is 0.0233. The van der Waals surface area contributed by atoms with Crippen LogP contribution in [-0.4, -0.2) is 62.4 Å². The van der Waals surface area contributed by atoms with Crippen molar-refractivity contribution in [1.82, 2.24) is 10.2 Å². The molecular weight excluding hydrogens is 328 g/mol. The minimum Gasteiger partial charge on any atom is -0.396 e. The van der Waals surface area contributed by atoms with Crippen LogP contribution >= 0.6 is 0 Å². The van der Waals surface area contributed by atoms with E-state index in [9.17, 15) is 9.90 Å². The van der Waals surface area contributed by atoms with Crippen molar-refractivity contribution in [1.29, 1.82) is 0 Å². The van der Waals surface area contributed by atoms with Gasteiger partial charge in [0.15, 0.2) is 0 Å². The molecule has 0 aromatic heterocycles. The van der Waals surface area contributed by atoms with Gasteiger partial charge in [-0.15, -0.1) is 0 Å². The fourth-order valence-electron chi connectivity index (χ4n) is 4.18. The van der Waals surface area contributed by atoms with Crippen LogP contribution in [0.15, 0.2) is 24.3 Å². The Morgan fingerprint density at radius 3 is 2.65 bits per heavy atom. The van der Waals surface area contributed by atoms with Gasteiger partial charge >= 0.3 is 0 Å². The molecule has 0 spiro atoms. The van der Waals surface area contributed by atoms with Crippen molar-refractivity contribution in [2.45, 2.75) is 32.1 Å². The second-order valence-electron chi connectivity index (χ2n) is 8.05. The number of nitrogens with zero attached hydrogens (tertiary/aromatic N) is 1. The molecule has 2 aliphatic rings. The average molecular weight is 360 g/mol. The summed E-state index contributed by atoms with van der Waals surface area (Å²) in [4.78, 5) is 14.5. The van der Waals surface area contributed by atoms with E-state index in [1.54, 1.807) is 4.90 Å². The van der Waals surface area contributed by atoms with Gasteiger partial charge in [0.25, 0.3) is 5.91 Å². The van der Waals surface area contributed by atoms with Gasteiger partial charge in [-0.3, -0.25) is 4.79 Å². The lowest BCUT2D eigenvalue weighted by atomic mass is 9.80. The number of benzene rings is 1. The van der Waals surface area contributed by atoms with Gasteiger partial charge in [0, 0.05) is 37.8 Å². The fourth-order valence-corrected chi connectivity index (χ4v) is 4.18. The van der Waals surface area contributed by atoms with Gasteiger partial charge in [-0.2, -0.15) is 0 Å². The van der Waals surface area contributed by atoms with E-state index in [2.05, 4.69) is 17.4 Å². The number of carbonyl (C=O) groups excluding carboxylic acids is 1. The Morgan fingerprint density at radius 1 is 1.31 bits per heavy atom. The summed E-state index contributed by atoms with van der Waals surface area (Å²) >= 11 is 0. The standard InChI is InChI=1S/C21H32N2O3/c1-23(15-21(16-24)8-11-26-12-9-21)20(25)19-6-4-17(5-7-19)13-18-3-2-10-22-14-18/h4-7,18,22,24H,2-3,8-16H2,1H3/t18-/m1/s1. The summed E-state index contributed by atoms with van der Waals surface area (Å²) in [5.41, 5.74) is 1.80. The van der Waals surface area contributed by atoms with E-state index >= 15 is 0 Å². The van der Waals surface area contributed by atoms with Crippen molar-refractivity contribution >= 4 is 5.91 Å². The number of piperidine rings is 1. The highest BCUT2D eigenvalue weighted by molar-refractivity contribution is 5.94. The topological polar surface area (TPSA) is 61.8 Å². The molecule has 2 N–H and O–H groups in total. The Hall–Kier alpha value is -1.43. The molecule has 1 amide bonds. The third kappa shape index (κ3) is 4.84. The van der Waals surface area contributed by atoms with E-state index in [0.29, 0.717) is 25.7 Å². The molecule has 1 aromatic carbocycles. The third-order valence-corrected chi connectivity index (χ3v) is 5.93. The first-order valence-corrected chi connectivity index (χ1v) is 9.86. The first-order valence-electron chi connectivity index (χ1n) is 9.86. The van der Waals surface area contributed by atoms with E-state index in [4.69, 9.17) is 4.74 Å². The highest BCUT2D eigenvalue weighted by atomic mass is 16.5. The van der Waals surface area contributed by atoms with Crippen molar-refractivity contribution in [3.05, 3.63) is 35.4 Å². The Kier molecular flexibility index (Phi) is 6.68. The molecule has 0 radical (unpaired) electrons. The number of hydrogen-bond acceptors (Lipinski definition) is 4. The molecule has 144 valence electrons. The predicted octanol–water partition coefficient (Wildman–Crippen LogP) is 2.09. The molecule has 5 heteroatoms. The van der Waals surface area contributed by atoms with Crippen LogP contribution in [0.2, 0.25) is 0 Å². The normalized spacial score (nSPS) is 22.8. The van der Waals surface area contributed by atoms with E-state index in [1.807, 2.05) is 19.2 Å². The molecule has 3 rings (SSSR count). The molecule has 5 nitrogen and oxygen atoms in total. The van der Waals surface area contributed by atoms with Crippen molar-refractivity contribution in [2.24, 2.45) is 11.3 Å². The van der Waals surface area contributed by atoms with Crippen LogP contribution in [0.25, 0.3) is 0 Å². The molecule has 1 atom stereocenters. The SMILES string of the molecule is CN(CC1(CO)CCOCC1)C(=O)c1ccc(C[C@H]2CCCNC2)cc1. The molecular formula is C21H32N2O3. The van der Waals surface area contributed by atoms with Crippen LogP contribution in [0.3, 0.4) is 0 Å². The second kappa shape index (κ2) is 8.98. The second-order valence-corrected chi connectivity index (χ2v) is 8.05. The van der Waals surface area contributed by atoms with E-state index in [1.165, 1.54) is 18.4 Å². The number of nitrogens with one attached hydrogen (secondary N) is 1. The molecule has 2 saturated heterocycles. The Bertz CT molecular complexity index is 575. The summed E-state index contributed by atoms with van der Waals surface area (Å²) in [6, 6.07) is 8.07. The number of aliphatic hydroxyl groups is 1. The first kappa shape index (κ1) is 19.3. The smallest absolute Gasteiger partial charge is 0.253 e. The lowest BCUT2D eigenvalue weighted by Crippen LogP contribution is -2.44. The fraction of sp³-hybridized carbons (Fsp3) is 0.667. The van der Waals surface area contributed by atoms with Crippen molar-refractivity contribution < 1.29 is 14.6 Å². The predicted molar refractivity (Wildman–Crippen MR) is 102 cm³/mol. The maximum absolute atomic E-state index is 12.8. The van der Waals surface area contributed by atoms with Crippen LogP contribution in [0.1, 0.15) is 41.6 Å². The number of ether oxygens (including phenoxy) is 1. The molecule has 2 aliphatic heterocycles. The molecule has 0 bridgehead atoms. The number of rotatable bonds is 6. The molecule has 0 aliphatic carbocycles. The van der Waals surface area contributed by atoms with Gasteiger partial charge in [-0.05, 0) is 68.8 Å². The maximum atomic E-state index is 12.8. The summed E-state index contributed by atoms with van der Waals surface area (Å²) in [6.45, 7) is 4.22. The average Bonchev–Trinajstić information content (AvgIpc) is 2.69. The van der Waals surface area contributed by atoms with Crippen LogP contribution < -0.4 is 5.32 Å². The summed E-state index contributed by atoms with van der Waals surface area (Å²) in [7, 11) is 1.83. The summed E-state index contributed by atoms with van der Waals surface area (Å²) in [6.07, 6.45) is 5.21. The molecule has 26 heavy (non-hydrogen) atoms. The van der Waals surface area contributed by atoms with Crippen LogP contribution in [0.5, 0.6) is 0 Å². The lowest BCUT2D eigenvalue weighted by Gasteiger charge is -2.38. The third-order valence-electron chi connectivity index (χ3n) is 5.93. The summed E-state index contributed by atoms with van der Waals surface area (Å²) in [5.74, 6) is 0.723. The highest BCUT2D eigenvalue weighted by Crippen LogP contribution is 2.31. The van der Waals surface area contributed by atoms with Crippen LogP contribution in [-0.2, 0) is 11.2 Å². The van der Waals surface area contributed by atoms with Gasteiger partial charge < -0.3 is 20.1 Å².